The molecule has 1 aliphatic rings. The van der Waals surface area contributed by atoms with Crippen molar-refractivity contribution >= 4 is 45.5 Å². The number of guanidine groups is 1. The van der Waals surface area contributed by atoms with E-state index in [0.29, 0.717) is 12.5 Å². The van der Waals surface area contributed by atoms with Crippen LogP contribution < -0.4 is 11.1 Å². The van der Waals surface area contributed by atoms with Crippen molar-refractivity contribution in [1.82, 2.24) is 0 Å². The first-order valence-electron chi connectivity index (χ1n) is 8.33. The number of aliphatic imine (C=N–C) groups is 1. The van der Waals surface area contributed by atoms with Crippen molar-refractivity contribution in [1.29, 1.82) is 0 Å². The van der Waals surface area contributed by atoms with Gasteiger partial charge in [-0.25, -0.2) is 13.4 Å². The van der Waals surface area contributed by atoms with Crippen LogP contribution in [0.1, 0.15) is 28.7 Å². The summed E-state index contributed by atoms with van der Waals surface area (Å²) in [5.74, 6) is 0.388. The molecule has 5 nitrogen and oxygen atoms in total. The lowest BCUT2D eigenvalue weighted by Gasteiger charge is -2.08. The van der Waals surface area contributed by atoms with E-state index in [-0.39, 0.29) is 29.7 Å². The highest BCUT2D eigenvalue weighted by atomic mass is 127. The lowest BCUT2D eigenvalue weighted by molar-refractivity contribution is 0.601. The number of rotatable bonds is 5. The van der Waals surface area contributed by atoms with Crippen molar-refractivity contribution in [2.75, 3.05) is 11.6 Å². The second-order valence-corrected chi connectivity index (χ2v) is 8.69. The smallest absolute Gasteiger partial charge is 0.193 e. The molecule has 0 bridgehead atoms. The van der Waals surface area contributed by atoms with Crippen LogP contribution >= 0.6 is 24.0 Å². The van der Waals surface area contributed by atoms with Gasteiger partial charge in [0.1, 0.15) is 0 Å². The Balaban J connectivity index is 0.00000243. The summed E-state index contributed by atoms with van der Waals surface area (Å²) >= 11 is 0. The van der Waals surface area contributed by atoms with Crippen LogP contribution in [0.15, 0.2) is 47.5 Å². The van der Waals surface area contributed by atoms with Gasteiger partial charge < -0.3 is 11.1 Å². The van der Waals surface area contributed by atoms with E-state index in [4.69, 9.17) is 5.73 Å². The number of nitrogens with one attached hydrogen (secondary N) is 1. The fourth-order valence-corrected chi connectivity index (χ4v) is 3.92. The molecule has 7 heteroatoms. The standard InChI is InChI=1S/C19H23N3O2S.HI/c1-25(23,24)13-15-5-2-4-14(10-15)12-21-19(20)22-18-9-8-16-6-3-7-17(16)11-18;/h2,4-5,8-11H,3,6-7,12-13H2,1H3,(H3,20,21,22);1H. The Morgan fingerprint density at radius 2 is 1.85 bits per heavy atom. The molecule has 1 aliphatic carbocycles. The first kappa shape index (κ1) is 20.7. The van der Waals surface area contributed by atoms with Gasteiger partial charge in [-0.3, -0.25) is 0 Å². The molecule has 140 valence electrons. The van der Waals surface area contributed by atoms with Crippen LogP contribution in [0, 0.1) is 0 Å². The second-order valence-electron chi connectivity index (χ2n) is 6.55. The first-order valence-corrected chi connectivity index (χ1v) is 10.4. The Labute approximate surface area is 172 Å². The van der Waals surface area contributed by atoms with E-state index in [2.05, 4.69) is 22.4 Å². The third-order valence-corrected chi connectivity index (χ3v) is 5.08. The largest absolute Gasteiger partial charge is 0.370 e. The van der Waals surface area contributed by atoms with E-state index in [1.54, 1.807) is 6.07 Å². The number of sulfone groups is 1. The predicted molar refractivity (Wildman–Crippen MR) is 118 cm³/mol. The Hall–Kier alpha value is -1.61. The lowest BCUT2D eigenvalue weighted by Crippen LogP contribution is -2.22. The summed E-state index contributed by atoms with van der Waals surface area (Å²) in [4.78, 5) is 4.35. The maximum atomic E-state index is 11.4. The van der Waals surface area contributed by atoms with Crippen LogP contribution in [0.5, 0.6) is 0 Å². The molecular formula is C19H24IN3O2S. The van der Waals surface area contributed by atoms with Gasteiger partial charge in [0.2, 0.25) is 0 Å². The molecule has 26 heavy (non-hydrogen) atoms. The van der Waals surface area contributed by atoms with Gasteiger partial charge in [0, 0.05) is 11.9 Å². The molecule has 0 aliphatic heterocycles. The normalized spacial score (nSPS) is 13.8. The average molecular weight is 485 g/mol. The average Bonchev–Trinajstić information content (AvgIpc) is 2.99. The van der Waals surface area contributed by atoms with Crippen LogP contribution in [0.4, 0.5) is 5.69 Å². The number of nitrogens with two attached hydrogens (primary N) is 1. The van der Waals surface area contributed by atoms with Gasteiger partial charge in [0.15, 0.2) is 15.8 Å². The SMILES string of the molecule is CS(=O)(=O)Cc1cccc(CN=C(N)Nc2ccc3c(c2)CCC3)c1.I. The Bertz CT molecular complexity index is 911. The molecule has 2 aromatic carbocycles. The maximum Gasteiger partial charge on any atom is 0.193 e. The zero-order chi connectivity index (χ0) is 17.9. The second kappa shape index (κ2) is 8.85. The van der Waals surface area contributed by atoms with Crippen LogP contribution in [0.25, 0.3) is 0 Å². The number of benzene rings is 2. The molecule has 0 unspecified atom stereocenters. The molecule has 3 N–H and O–H groups in total. The number of hydrogen-bond acceptors (Lipinski definition) is 3. The van der Waals surface area contributed by atoms with Gasteiger partial charge in [0.05, 0.1) is 12.3 Å². The van der Waals surface area contributed by atoms with Crippen molar-refractivity contribution in [3.8, 4) is 0 Å². The van der Waals surface area contributed by atoms with Crippen molar-refractivity contribution in [3.63, 3.8) is 0 Å². The number of fused-ring (bicyclic) bond motifs is 1. The van der Waals surface area contributed by atoms with E-state index in [1.807, 2.05) is 24.3 Å². The van der Waals surface area contributed by atoms with Crippen LogP contribution in [-0.4, -0.2) is 20.6 Å². The minimum atomic E-state index is -3.04. The van der Waals surface area contributed by atoms with Crippen molar-refractivity contribution < 1.29 is 8.42 Å². The van der Waals surface area contributed by atoms with Gasteiger partial charge >= 0.3 is 0 Å². The quantitative estimate of drug-likeness (QED) is 0.387. The van der Waals surface area contributed by atoms with E-state index >= 15 is 0 Å². The summed E-state index contributed by atoms with van der Waals surface area (Å²) in [5.41, 5.74) is 11.4. The van der Waals surface area contributed by atoms with Gasteiger partial charge in [-0.1, -0.05) is 30.3 Å². The number of anilines is 1. The molecular weight excluding hydrogens is 461 g/mol. The van der Waals surface area contributed by atoms with Crippen molar-refractivity contribution in [2.45, 2.75) is 31.6 Å². The van der Waals surface area contributed by atoms with Crippen LogP contribution in [-0.2, 0) is 35.0 Å². The molecule has 0 radical (unpaired) electrons. The third-order valence-electron chi connectivity index (χ3n) is 4.22. The van der Waals surface area contributed by atoms with Gasteiger partial charge in [-0.2, -0.15) is 0 Å². The van der Waals surface area contributed by atoms with E-state index in [0.717, 1.165) is 29.7 Å². The van der Waals surface area contributed by atoms with E-state index in [9.17, 15) is 8.42 Å². The van der Waals surface area contributed by atoms with E-state index in [1.165, 1.54) is 23.8 Å². The molecule has 2 aromatic rings. The monoisotopic (exact) mass is 485 g/mol. The van der Waals surface area contributed by atoms with Crippen molar-refractivity contribution in [2.24, 2.45) is 10.7 Å². The molecule has 0 saturated heterocycles. The number of halogens is 1. The van der Waals surface area contributed by atoms with Crippen LogP contribution in [0.2, 0.25) is 0 Å². The summed E-state index contributed by atoms with van der Waals surface area (Å²) in [6.45, 7) is 0.404. The van der Waals surface area contributed by atoms with Gasteiger partial charge in [0.25, 0.3) is 0 Å². The molecule has 0 amide bonds. The number of hydrogen-bond donors (Lipinski definition) is 2. The summed E-state index contributed by atoms with van der Waals surface area (Å²) < 4.78 is 22.8. The fraction of sp³-hybridized carbons (Fsp3) is 0.316. The summed E-state index contributed by atoms with van der Waals surface area (Å²) in [5, 5.41) is 3.13. The molecule has 0 heterocycles. The molecule has 0 aromatic heterocycles. The lowest BCUT2D eigenvalue weighted by atomic mass is 10.1. The van der Waals surface area contributed by atoms with Crippen LogP contribution in [0.3, 0.4) is 0 Å². The Morgan fingerprint density at radius 3 is 2.62 bits per heavy atom. The zero-order valence-electron chi connectivity index (χ0n) is 14.7. The van der Waals surface area contributed by atoms with Gasteiger partial charge in [-0.05, 0) is 53.6 Å². The number of aryl methyl sites for hydroxylation is 2. The summed E-state index contributed by atoms with van der Waals surface area (Å²) in [6, 6.07) is 13.7. The molecule has 3 rings (SSSR count). The fourth-order valence-electron chi connectivity index (χ4n) is 3.13. The number of nitrogens with zero attached hydrogens (tertiary/aromatic N) is 1. The van der Waals surface area contributed by atoms with Crippen molar-refractivity contribution in [3.05, 3.63) is 64.7 Å². The molecule has 0 fully saturated rings. The Morgan fingerprint density at radius 1 is 1.12 bits per heavy atom. The molecule has 0 saturated carbocycles. The Kier molecular flexibility index (Phi) is 7.05. The van der Waals surface area contributed by atoms with Gasteiger partial charge in [-0.15, -0.1) is 24.0 Å². The van der Waals surface area contributed by atoms with E-state index < -0.39 is 9.84 Å². The highest BCUT2D eigenvalue weighted by Crippen LogP contribution is 2.24. The third kappa shape index (κ3) is 5.98. The highest BCUT2D eigenvalue weighted by Gasteiger charge is 2.11. The molecule has 0 spiro atoms. The predicted octanol–water partition coefficient (Wildman–Crippen LogP) is 3.26. The summed E-state index contributed by atoms with van der Waals surface area (Å²) in [7, 11) is -3.04. The zero-order valence-corrected chi connectivity index (χ0v) is 17.9. The maximum absolute atomic E-state index is 11.4. The minimum Gasteiger partial charge on any atom is -0.370 e. The molecule has 0 atom stereocenters. The first-order chi connectivity index (χ1) is 11.9. The highest BCUT2D eigenvalue weighted by molar-refractivity contribution is 14.0. The topological polar surface area (TPSA) is 84.5 Å². The summed E-state index contributed by atoms with van der Waals surface area (Å²) in [6.07, 6.45) is 4.72. The minimum absolute atomic E-state index is 0.